The fourth-order valence-corrected chi connectivity index (χ4v) is 4.86. The molecular formula is C21H25N5O2S. The number of hydrogen-bond acceptors (Lipinski definition) is 5. The van der Waals surface area contributed by atoms with Gasteiger partial charge < -0.3 is 4.90 Å². The highest BCUT2D eigenvalue weighted by Gasteiger charge is 2.30. The molecule has 1 aliphatic rings. The zero-order valence-corrected chi connectivity index (χ0v) is 18.0. The molecule has 1 aromatic carbocycles. The van der Waals surface area contributed by atoms with Crippen LogP contribution in [0.3, 0.4) is 0 Å². The molecular weight excluding hydrogens is 386 g/mol. The van der Waals surface area contributed by atoms with Crippen molar-refractivity contribution in [3.8, 4) is 5.69 Å². The zero-order valence-electron chi connectivity index (χ0n) is 17.2. The summed E-state index contributed by atoms with van der Waals surface area (Å²) in [5, 5.41) is 5.57. The van der Waals surface area contributed by atoms with Gasteiger partial charge >= 0.3 is 0 Å². The second-order valence-corrected chi connectivity index (χ2v) is 8.35. The third kappa shape index (κ3) is 3.35. The molecule has 0 bridgehead atoms. The monoisotopic (exact) mass is 411 g/mol. The van der Waals surface area contributed by atoms with Crippen molar-refractivity contribution in [1.29, 1.82) is 0 Å². The predicted octanol–water partition coefficient (Wildman–Crippen LogP) is 3.10. The lowest BCUT2D eigenvalue weighted by molar-refractivity contribution is -0.131. The topological polar surface area (TPSA) is 73.0 Å². The first-order chi connectivity index (χ1) is 13.9. The Morgan fingerprint density at radius 3 is 2.69 bits per heavy atom. The lowest BCUT2D eigenvalue weighted by Gasteiger charge is -2.21. The van der Waals surface area contributed by atoms with Gasteiger partial charge in [-0.05, 0) is 51.0 Å². The highest BCUT2D eigenvalue weighted by atomic mass is 32.2. The lowest BCUT2D eigenvalue weighted by atomic mass is 10.1. The molecule has 29 heavy (non-hydrogen) atoms. The first kappa shape index (κ1) is 19.7. The Bertz CT molecular complexity index is 1150. The molecule has 152 valence electrons. The van der Waals surface area contributed by atoms with Gasteiger partial charge in [0.1, 0.15) is 5.39 Å². The van der Waals surface area contributed by atoms with Gasteiger partial charge in [-0.1, -0.05) is 17.8 Å². The maximum Gasteiger partial charge on any atom is 0.265 e. The molecule has 3 heterocycles. The first-order valence-corrected chi connectivity index (χ1v) is 10.9. The quantitative estimate of drug-likeness (QED) is 0.603. The standard InChI is InChI=1S/C21H25N5O2S/c1-5-24(6-2)18(27)10-16-12-29-21-23-19-17(20(28)25(16)21)11-22-26(19)15-8-7-13(3)14(4)9-15/h7-9,11,16H,5-6,10,12H2,1-4H3. The average molecular weight is 412 g/mol. The van der Waals surface area contributed by atoms with Crippen LogP contribution in [0.5, 0.6) is 0 Å². The Morgan fingerprint density at radius 1 is 1.24 bits per heavy atom. The van der Waals surface area contributed by atoms with E-state index in [4.69, 9.17) is 4.98 Å². The highest BCUT2D eigenvalue weighted by Crippen LogP contribution is 2.33. The maximum atomic E-state index is 13.2. The van der Waals surface area contributed by atoms with Crippen molar-refractivity contribution < 1.29 is 4.79 Å². The number of carbonyl (C=O) groups excluding carboxylic acids is 1. The Morgan fingerprint density at radius 2 is 2.00 bits per heavy atom. The smallest absolute Gasteiger partial charge is 0.265 e. The molecule has 0 fully saturated rings. The largest absolute Gasteiger partial charge is 0.343 e. The van der Waals surface area contributed by atoms with E-state index in [0.717, 1.165) is 11.3 Å². The van der Waals surface area contributed by atoms with Gasteiger partial charge in [-0.25, -0.2) is 9.67 Å². The molecule has 1 amide bonds. The third-order valence-electron chi connectivity index (χ3n) is 5.63. The van der Waals surface area contributed by atoms with Crippen molar-refractivity contribution in [1.82, 2.24) is 24.2 Å². The summed E-state index contributed by atoms with van der Waals surface area (Å²) in [6.07, 6.45) is 1.90. The molecule has 0 N–H and O–H groups in total. The molecule has 1 aliphatic heterocycles. The molecule has 2 aromatic heterocycles. The van der Waals surface area contributed by atoms with E-state index in [1.165, 1.54) is 17.3 Å². The van der Waals surface area contributed by atoms with Crippen LogP contribution >= 0.6 is 11.8 Å². The fraction of sp³-hybridized carbons (Fsp3) is 0.429. The van der Waals surface area contributed by atoms with Crippen LogP contribution in [0.4, 0.5) is 0 Å². The van der Waals surface area contributed by atoms with Crippen LogP contribution in [0.25, 0.3) is 16.7 Å². The van der Waals surface area contributed by atoms with Gasteiger partial charge in [0.05, 0.1) is 17.9 Å². The molecule has 1 atom stereocenters. The second-order valence-electron chi connectivity index (χ2n) is 7.37. The molecule has 0 saturated carbocycles. The van der Waals surface area contributed by atoms with Crippen molar-refractivity contribution in [2.75, 3.05) is 18.8 Å². The molecule has 4 rings (SSSR count). The van der Waals surface area contributed by atoms with E-state index in [1.807, 2.05) is 32.0 Å². The second kappa shape index (κ2) is 7.67. The number of aryl methyl sites for hydroxylation is 2. The van der Waals surface area contributed by atoms with E-state index in [-0.39, 0.29) is 17.5 Å². The summed E-state index contributed by atoms with van der Waals surface area (Å²) < 4.78 is 3.40. The van der Waals surface area contributed by atoms with Gasteiger partial charge in [0, 0.05) is 25.3 Å². The van der Waals surface area contributed by atoms with Gasteiger partial charge in [0.15, 0.2) is 10.8 Å². The SMILES string of the molecule is CCN(CC)C(=O)CC1CSc2nc3c(cnn3-c3ccc(C)c(C)c3)c(=O)n21. The lowest BCUT2D eigenvalue weighted by Crippen LogP contribution is -2.34. The summed E-state index contributed by atoms with van der Waals surface area (Å²) in [6, 6.07) is 5.91. The number of amides is 1. The third-order valence-corrected chi connectivity index (χ3v) is 6.73. The van der Waals surface area contributed by atoms with Crippen molar-refractivity contribution in [3.05, 3.63) is 45.9 Å². The number of carbonyl (C=O) groups is 1. The van der Waals surface area contributed by atoms with Gasteiger partial charge in [-0.2, -0.15) is 5.10 Å². The Kier molecular flexibility index (Phi) is 5.21. The molecule has 7 nitrogen and oxygen atoms in total. The fourth-order valence-electron chi connectivity index (χ4n) is 3.73. The van der Waals surface area contributed by atoms with Gasteiger partial charge in [0.2, 0.25) is 5.91 Å². The van der Waals surface area contributed by atoms with E-state index < -0.39 is 0 Å². The minimum Gasteiger partial charge on any atom is -0.343 e. The van der Waals surface area contributed by atoms with Crippen molar-refractivity contribution >= 4 is 28.7 Å². The number of hydrogen-bond donors (Lipinski definition) is 0. The zero-order chi connectivity index (χ0) is 20.7. The highest BCUT2D eigenvalue weighted by molar-refractivity contribution is 7.99. The van der Waals surface area contributed by atoms with Crippen LogP contribution in [0.15, 0.2) is 34.3 Å². The molecule has 0 radical (unpaired) electrons. The van der Waals surface area contributed by atoms with Gasteiger partial charge in [-0.3, -0.25) is 14.2 Å². The Hall–Kier alpha value is -2.61. The number of fused-ring (bicyclic) bond motifs is 2. The van der Waals surface area contributed by atoms with Crippen LogP contribution in [0.2, 0.25) is 0 Å². The summed E-state index contributed by atoms with van der Waals surface area (Å²) in [5.74, 6) is 0.755. The summed E-state index contributed by atoms with van der Waals surface area (Å²) in [4.78, 5) is 32.3. The van der Waals surface area contributed by atoms with Gasteiger partial charge in [-0.15, -0.1) is 0 Å². The molecule has 1 unspecified atom stereocenters. The predicted molar refractivity (Wildman–Crippen MR) is 115 cm³/mol. The number of rotatable bonds is 5. The summed E-state index contributed by atoms with van der Waals surface area (Å²) in [6.45, 7) is 9.41. The summed E-state index contributed by atoms with van der Waals surface area (Å²) >= 11 is 1.53. The van der Waals surface area contributed by atoms with Gasteiger partial charge in [0.25, 0.3) is 5.56 Å². The number of nitrogens with zero attached hydrogens (tertiary/aromatic N) is 5. The molecule has 0 saturated heterocycles. The van der Waals surface area contributed by atoms with Crippen LogP contribution < -0.4 is 5.56 Å². The number of thioether (sulfide) groups is 1. The van der Waals surface area contributed by atoms with Crippen molar-refractivity contribution in [2.24, 2.45) is 0 Å². The normalized spacial score (nSPS) is 15.7. The van der Waals surface area contributed by atoms with Crippen LogP contribution in [-0.4, -0.2) is 49.0 Å². The molecule has 0 spiro atoms. The summed E-state index contributed by atoms with van der Waals surface area (Å²) in [5.41, 5.74) is 3.69. The average Bonchev–Trinajstić information content (AvgIpc) is 3.30. The molecule has 3 aromatic rings. The van der Waals surface area contributed by atoms with Crippen LogP contribution in [-0.2, 0) is 4.79 Å². The maximum absolute atomic E-state index is 13.2. The Labute approximate surface area is 173 Å². The summed E-state index contributed by atoms with van der Waals surface area (Å²) in [7, 11) is 0. The van der Waals surface area contributed by atoms with Crippen molar-refractivity contribution in [3.63, 3.8) is 0 Å². The number of aromatic nitrogens is 4. The van der Waals surface area contributed by atoms with E-state index in [2.05, 4.69) is 18.9 Å². The minimum atomic E-state index is -0.169. The van der Waals surface area contributed by atoms with Crippen LogP contribution in [0, 0.1) is 13.8 Å². The van der Waals surface area contributed by atoms with E-state index in [0.29, 0.717) is 41.5 Å². The van der Waals surface area contributed by atoms with Crippen molar-refractivity contribution in [2.45, 2.75) is 45.3 Å². The van der Waals surface area contributed by atoms with Crippen LogP contribution in [0.1, 0.15) is 37.4 Å². The molecule has 8 heteroatoms. The first-order valence-electron chi connectivity index (χ1n) is 9.93. The number of benzene rings is 1. The van der Waals surface area contributed by atoms with E-state index in [9.17, 15) is 9.59 Å². The Balaban J connectivity index is 1.74. The minimum absolute atomic E-state index is 0.0753. The molecule has 0 aliphatic carbocycles. The van der Waals surface area contributed by atoms with E-state index in [1.54, 1.807) is 20.3 Å². The van der Waals surface area contributed by atoms with E-state index >= 15 is 0 Å².